The number of hydrogen-bond acceptors (Lipinski definition) is 5. The third-order valence-corrected chi connectivity index (χ3v) is 6.57. The molecule has 0 saturated heterocycles. The van der Waals surface area contributed by atoms with E-state index in [2.05, 4.69) is 13.8 Å². The first-order valence-electron chi connectivity index (χ1n) is 13.2. The van der Waals surface area contributed by atoms with E-state index < -0.39 is 0 Å². The highest BCUT2D eigenvalue weighted by Crippen LogP contribution is 2.33. The second-order valence-electron chi connectivity index (χ2n) is 9.95. The summed E-state index contributed by atoms with van der Waals surface area (Å²) in [5.41, 5.74) is 1.90. The Kier molecular flexibility index (Phi) is 9.09. The Morgan fingerprint density at radius 2 is 1.61 bits per heavy atom. The number of hydrogen-bond donors (Lipinski definition) is 0. The van der Waals surface area contributed by atoms with Crippen molar-refractivity contribution in [2.75, 3.05) is 37.8 Å². The Balaban J connectivity index is 1.50. The molecular weight excluding hydrogens is 456 g/mol. The first-order valence-corrected chi connectivity index (χ1v) is 13.2. The minimum absolute atomic E-state index is 0.0577. The minimum Gasteiger partial charge on any atom is -0.486 e. The highest BCUT2D eigenvalue weighted by molar-refractivity contribution is 5.94. The smallest absolute Gasteiger partial charge is 0.260 e. The van der Waals surface area contributed by atoms with Gasteiger partial charge >= 0.3 is 0 Å². The molecule has 0 fully saturated rings. The Morgan fingerprint density at radius 3 is 2.42 bits per heavy atom. The SMILES string of the molecule is CC(C)CC(=O)N1CCCCCCCN(C(=O)COc2ccc3c(c2)OCCO3)Cc2ccccc21. The van der Waals surface area contributed by atoms with Gasteiger partial charge in [-0.15, -0.1) is 0 Å². The fourth-order valence-electron chi connectivity index (χ4n) is 4.70. The fraction of sp³-hybridized carbons (Fsp3) is 0.517. The Bertz CT molecular complexity index is 1040. The number of para-hydroxylation sites is 1. The number of anilines is 1. The van der Waals surface area contributed by atoms with Gasteiger partial charge in [0.2, 0.25) is 5.91 Å². The maximum atomic E-state index is 13.3. The van der Waals surface area contributed by atoms with E-state index in [0.717, 1.165) is 43.4 Å². The van der Waals surface area contributed by atoms with Crippen LogP contribution in [0.4, 0.5) is 5.69 Å². The van der Waals surface area contributed by atoms with Gasteiger partial charge in [-0.3, -0.25) is 9.59 Å². The minimum atomic E-state index is -0.0724. The molecular formula is C29H38N2O5. The number of carbonyl (C=O) groups excluding carboxylic acids is 2. The van der Waals surface area contributed by atoms with Crippen molar-refractivity contribution in [3.8, 4) is 17.2 Å². The van der Waals surface area contributed by atoms with Crippen molar-refractivity contribution >= 4 is 17.5 Å². The van der Waals surface area contributed by atoms with Crippen molar-refractivity contribution in [3.63, 3.8) is 0 Å². The largest absolute Gasteiger partial charge is 0.486 e. The fourth-order valence-corrected chi connectivity index (χ4v) is 4.70. The van der Waals surface area contributed by atoms with Gasteiger partial charge in [-0.05, 0) is 42.5 Å². The molecule has 0 radical (unpaired) electrons. The van der Waals surface area contributed by atoms with Gasteiger partial charge < -0.3 is 24.0 Å². The molecule has 2 aromatic rings. The van der Waals surface area contributed by atoms with Crippen LogP contribution in [0.25, 0.3) is 0 Å². The molecule has 2 aromatic carbocycles. The van der Waals surface area contributed by atoms with Gasteiger partial charge in [-0.1, -0.05) is 51.3 Å². The number of benzene rings is 2. The molecule has 36 heavy (non-hydrogen) atoms. The summed E-state index contributed by atoms with van der Waals surface area (Å²) in [6.45, 7) is 6.94. The lowest BCUT2D eigenvalue weighted by Gasteiger charge is -2.30. The quantitative estimate of drug-likeness (QED) is 0.571. The molecule has 2 heterocycles. The first kappa shape index (κ1) is 25.9. The normalized spacial score (nSPS) is 16.5. The van der Waals surface area contributed by atoms with Crippen molar-refractivity contribution in [1.82, 2.24) is 4.90 Å². The second-order valence-corrected chi connectivity index (χ2v) is 9.95. The maximum absolute atomic E-state index is 13.3. The van der Waals surface area contributed by atoms with Crippen molar-refractivity contribution in [3.05, 3.63) is 48.0 Å². The standard InChI is InChI=1S/C29H38N2O5/c1-22(2)18-28(32)31-15-9-5-3-4-8-14-30(20-23-10-6-7-11-25(23)31)29(33)21-36-24-12-13-26-27(19-24)35-17-16-34-26/h6-7,10-13,19,22H,3-5,8-9,14-18,20-21H2,1-2H3. The van der Waals surface area contributed by atoms with E-state index >= 15 is 0 Å². The monoisotopic (exact) mass is 494 g/mol. The van der Waals surface area contributed by atoms with Gasteiger partial charge in [-0.2, -0.15) is 0 Å². The molecule has 2 amide bonds. The van der Waals surface area contributed by atoms with Gasteiger partial charge in [0.1, 0.15) is 19.0 Å². The predicted molar refractivity (Wildman–Crippen MR) is 140 cm³/mol. The number of nitrogens with zero attached hydrogens (tertiary/aromatic N) is 2. The molecule has 0 N–H and O–H groups in total. The molecule has 2 aliphatic rings. The molecule has 0 aliphatic carbocycles. The Morgan fingerprint density at radius 1 is 0.889 bits per heavy atom. The highest BCUT2D eigenvalue weighted by atomic mass is 16.6. The third-order valence-electron chi connectivity index (χ3n) is 6.57. The van der Waals surface area contributed by atoms with Crippen LogP contribution >= 0.6 is 0 Å². The molecule has 7 heteroatoms. The van der Waals surface area contributed by atoms with Gasteiger partial charge in [0, 0.05) is 37.8 Å². The summed E-state index contributed by atoms with van der Waals surface area (Å²) in [6.07, 6.45) is 5.70. The van der Waals surface area contributed by atoms with Crippen LogP contribution in [0.2, 0.25) is 0 Å². The van der Waals surface area contributed by atoms with Crippen LogP contribution in [-0.2, 0) is 16.1 Å². The maximum Gasteiger partial charge on any atom is 0.260 e. The Hall–Kier alpha value is -3.22. The van der Waals surface area contributed by atoms with Crippen molar-refractivity contribution in [2.24, 2.45) is 5.92 Å². The number of fused-ring (bicyclic) bond motifs is 2. The number of amides is 2. The molecule has 0 unspecified atom stereocenters. The summed E-state index contributed by atoms with van der Waals surface area (Å²) in [6, 6.07) is 13.4. The van der Waals surface area contributed by atoms with Crippen molar-refractivity contribution < 1.29 is 23.8 Å². The molecule has 0 spiro atoms. The van der Waals surface area contributed by atoms with Crippen LogP contribution in [0.15, 0.2) is 42.5 Å². The second kappa shape index (κ2) is 12.7. The molecule has 0 aromatic heterocycles. The van der Waals surface area contributed by atoms with Crippen LogP contribution < -0.4 is 19.1 Å². The summed E-state index contributed by atoms with van der Waals surface area (Å²) in [5.74, 6) is 2.27. The van der Waals surface area contributed by atoms with Crippen molar-refractivity contribution in [2.45, 2.75) is 58.9 Å². The summed E-state index contributed by atoms with van der Waals surface area (Å²) in [7, 11) is 0. The van der Waals surface area contributed by atoms with E-state index in [1.165, 1.54) is 0 Å². The van der Waals surface area contributed by atoms with Crippen LogP contribution in [-0.4, -0.2) is 49.6 Å². The molecule has 0 atom stereocenters. The molecule has 0 bridgehead atoms. The lowest BCUT2D eigenvalue weighted by Crippen LogP contribution is -2.37. The zero-order chi connectivity index (χ0) is 25.3. The van der Waals surface area contributed by atoms with E-state index in [-0.39, 0.29) is 18.4 Å². The van der Waals surface area contributed by atoms with Crippen LogP contribution in [0.5, 0.6) is 17.2 Å². The first-order chi connectivity index (χ1) is 17.5. The van der Waals surface area contributed by atoms with Crippen LogP contribution in [0.3, 0.4) is 0 Å². The zero-order valence-electron chi connectivity index (χ0n) is 21.5. The highest BCUT2D eigenvalue weighted by Gasteiger charge is 2.23. The van der Waals surface area contributed by atoms with Gasteiger partial charge in [-0.25, -0.2) is 0 Å². The summed E-state index contributed by atoms with van der Waals surface area (Å²) in [5, 5.41) is 0. The third kappa shape index (κ3) is 6.93. The molecule has 7 nitrogen and oxygen atoms in total. The molecule has 0 saturated carbocycles. The van der Waals surface area contributed by atoms with Gasteiger partial charge in [0.05, 0.1) is 0 Å². The molecule has 2 aliphatic heterocycles. The Labute approximate surface area is 214 Å². The summed E-state index contributed by atoms with van der Waals surface area (Å²) in [4.78, 5) is 30.3. The lowest BCUT2D eigenvalue weighted by molar-refractivity contribution is -0.134. The summed E-state index contributed by atoms with van der Waals surface area (Å²) < 4.78 is 17.0. The topological polar surface area (TPSA) is 68.3 Å². The number of rotatable bonds is 5. The van der Waals surface area contributed by atoms with Crippen LogP contribution in [0.1, 0.15) is 57.9 Å². The van der Waals surface area contributed by atoms with E-state index in [9.17, 15) is 9.59 Å². The van der Waals surface area contributed by atoms with Gasteiger partial charge in [0.15, 0.2) is 18.1 Å². The number of carbonyl (C=O) groups is 2. The molecule has 194 valence electrons. The van der Waals surface area contributed by atoms with E-state index in [0.29, 0.717) is 62.4 Å². The number of ether oxygens (including phenoxy) is 3. The van der Waals surface area contributed by atoms with Gasteiger partial charge in [0.25, 0.3) is 5.91 Å². The average Bonchev–Trinajstić information content (AvgIpc) is 2.87. The summed E-state index contributed by atoms with van der Waals surface area (Å²) >= 11 is 0. The predicted octanol–water partition coefficient (Wildman–Crippen LogP) is 5.21. The van der Waals surface area contributed by atoms with Crippen molar-refractivity contribution in [1.29, 1.82) is 0 Å². The lowest BCUT2D eigenvalue weighted by atomic mass is 10.0. The zero-order valence-corrected chi connectivity index (χ0v) is 21.5. The van der Waals surface area contributed by atoms with E-state index in [1.807, 2.05) is 40.1 Å². The molecule has 4 rings (SSSR count). The average molecular weight is 495 g/mol. The van der Waals surface area contributed by atoms with E-state index in [4.69, 9.17) is 14.2 Å². The van der Waals surface area contributed by atoms with E-state index in [1.54, 1.807) is 12.1 Å². The van der Waals surface area contributed by atoms with Crippen LogP contribution in [0, 0.1) is 5.92 Å².